The third-order valence-electron chi connectivity index (χ3n) is 8.67. The number of nitrogens with two attached hydrogens (primary N) is 1. The summed E-state index contributed by atoms with van der Waals surface area (Å²) < 4.78 is 48.0. The number of carbonyl (C=O) groups is 1. The number of nitrogen functional groups attached to an aromatic ring is 1. The molecule has 2 saturated heterocycles. The van der Waals surface area contributed by atoms with Gasteiger partial charge in [0.25, 0.3) is 11.5 Å². The Morgan fingerprint density at radius 3 is 2.40 bits per heavy atom. The van der Waals surface area contributed by atoms with Crippen LogP contribution in [0.25, 0.3) is 5.69 Å². The quantitative estimate of drug-likeness (QED) is 0.275. The Bertz CT molecular complexity index is 2070. The molecule has 2 aromatic carbocycles. The van der Waals surface area contributed by atoms with Crippen LogP contribution in [0.3, 0.4) is 0 Å². The van der Waals surface area contributed by atoms with Crippen molar-refractivity contribution < 1.29 is 27.8 Å². The van der Waals surface area contributed by atoms with Gasteiger partial charge in [0.15, 0.2) is 11.6 Å². The molecule has 0 saturated carbocycles. The fraction of sp³-hybridized carbons (Fsp3) is 0.333. The highest BCUT2D eigenvalue weighted by atomic mass is 19.1. The van der Waals surface area contributed by atoms with Crippen LogP contribution in [0.1, 0.15) is 48.7 Å². The topological polar surface area (TPSA) is 143 Å². The number of benzene rings is 2. The second-order valence-corrected chi connectivity index (χ2v) is 12.4. The summed E-state index contributed by atoms with van der Waals surface area (Å²) in [5.74, 6) is 4.18. The summed E-state index contributed by atoms with van der Waals surface area (Å²) >= 11 is 0. The maximum absolute atomic E-state index is 15.5. The Morgan fingerprint density at radius 1 is 1.00 bits per heavy atom. The number of carbonyl (C=O) groups excluding carboxylic acids is 1. The average molecular weight is 687 g/mol. The number of nitrogens with one attached hydrogen (secondary N) is 1. The molecule has 2 aliphatic heterocycles. The Balaban J connectivity index is 1.26. The summed E-state index contributed by atoms with van der Waals surface area (Å²) in [5, 5.41) is 2.54. The van der Waals surface area contributed by atoms with Crippen LogP contribution in [0.5, 0.6) is 11.5 Å². The van der Waals surface area contributed by atoms with Gasteiger partial charge in [-0.2, -0.15) is 0 Å². The molecule has 0 atom stereocenters. The smallest absolute Gasteiger partial charge is 0.335 e. The Labute approximate surface area is 286 Å². The first-order chi connectivity index (χ1) is 24.0. The van der Waals surface area contributed by atoms with Crippen LogP contribution in [0.2, 0.25) is 0 Å². The number of anilines is 2. The maximum Gasteiger partial charge on any atom is 0.335 e. The maximum atomic E-state index is 15.5. The molecule has 4 heterocycles. The number of pyridine rings is 1. The second-order valence-electron chi connectivity index (χ2n) is 12.4. The van der Waals surface area contributed by atoms with E-state index in [2.05, 4.69) is 27.0 Å². The van der Waals surface area contributed by atoms with E-state index in [4.69, 9.17) is 19.9 Å². The van der Waals surface area contributed by atoms with E-state index in [0.29, 0.717) is 44.8 Å². The molecule has 2 aliphatic rings. The summed E-state index contributed by atoms with van der Waals surface area (Å²) in [6.07, 6.45) is 3.60. The minimum absolute atomic E-state index is 0.0258. The van der Waals surface area contributed by atoms with Gasteiger partial charge in [0.05, 0.1) is 24.4 Å². The van der Waals surface area contributed by atoms with Crippen LogP contribution < -0.4 is 27.0 Å². The van der Waals surface area contributed by atoms with Crippen molar-refractivity contribution in [1.29, 1.82) is 0 Å². The molecule has 0 spiro atoms. The highest BCUT2D eigenvalue weighted by molar-refractivity contribution is 6.03. The minimum atomic E-state index is -0.913. The Hall–Kier alpha value is -5.36. The third kappa shape index (κ3) is 7.45. The van der Waals surface area contributed by atoms with Gasteiger partial charge in [-0.25, -0.2) is 23.1 Å². The lowest BCUT2D eigenvalue weighted by Gasteiger charge is -2.37. The molecule has 0 unspecified atom stereocenters. The van der Waals surface area contributed by atoms with Gasteiger partial charge in [0.2, 0.25) is 0 Å². The van der Waals surface area contributed by atoms with Gasteiger partial charge in [0.1, 0.15) is 28.5 Å². The van der Waals surface area contributed by atoms with Gasteiger partial charge >= 0.3 is 5.69 Å². The molecule has 50 heavy (non-hydrogen) atoms. The molecule has 0 aliphatic carbocycles. The molecule has 3 N–H and O–H groups in total. The first kappa shape index (κ1) is 34.5. The lowest BCUT2D eigenvalue weighted by Crippen LogP contribution is -2.49. The van der Waals surface area contributed by atoms with Gasteiger partial charge in [0, 0.05) is 62.6 Å². The third-order valence-corrected chi connectivity index (χ3v) is 8.67. The van der Waals surface area contributed by atoms with Gasteiger partial charge in [-0.3, -0.25) is 19.1 Å². The minimum Gasteiger partial charge on any atom is -0.453 e. The highest BCUT2D eigenvalue weighted by Gasteiger charge is 2.27. The molecule has 1 amide bonds. The summed E-state index contributed by atoms with van der Waals surface area (Å²) in [6, 6.07) is 9.72. The number of halogens is 2. The SMILES string of the molecule is CC(C)(C#Cc1c(Oc2ccc(NC(=O)c3cn(C4CCOCC4)c(=O)n(-c4ccc(F)cc4)c3=O)cc2F)ccnc1N)N1CCOCC1. The number of ether oxygens (including phenoxy) is 3. The molecule has 2 aromatic heterocycles. The van der Waals surface area contributed by atoms with Crippen molar-refractivity contribution in [3.8, 4) is 29.0 Å². The molecular formula is C36H36F2N6O6. The molecule has 14 heteroatoms. The zero-order chi connectivity index (χ0) is 35.4. The molecular weight excluding hydrogens is 650 g/mol. The van der Waals surface area contributed by atoms with Crippen LogP contribution >= 0.6 is 0 Å². The fourth-order valence-corrected chi connectivity index (χ4v) is 5.84. The van der Waals surface area contributed by atoms with E-state index in [0.717, 1.165) is 35.9 Å². The van der Waals surface area contributed by atoms with Crippen molar-refractivity contribution >= 4 is 17.4 Å². The number of amides is 1. The predicted molar refractivity (Wildman–Crippen MR) is 182 cm³/mol. The van der Waals surface area contributed by atoms with Crippen molar-refractivity contribution in [3.05, 3.63) is 105 Å². The zero-order valence-electron chi connectivity index (χ0n) is 27.6. The van der Waals surface area contributed by atoms with Gasteiger partial charge < -0.3 is 25.3 Å². The lowest BCUT2D eigenvalue weighted by molar-refractivity contribution is 0.00739. The molecule has 0 radical (unpaired) electrons. The van der Waals surface area contributed by atoms with E-state index < -0.39 is 34.3 Å². The molecule has 0 bridgehead atoms. The Morgan fingerprint density at radius 2 is 1.70 bits per heavy atom. The molecule has 12 nitrogen and oxygen atoms in total. The summed E-state index contributed by atoms with van der Waals surface area (Å²) in [5.41, 5.74) is 4.10. The molecule has 6 rings (SSSR count). The number of morpholine rings is 1. The van der Waals surface area contributed by atoms with Gasteiger partial charge in [-0.15, -0.1) is 0 Å². The number of hydrogen-bond acceptors (Lipinski definition) is 9. The highest BCUT2D eigenvalue weighted by Crippen LogP contribution is 2.31. The molecule has 2 fully saturated rings. The normalized spacial score (nSPS) is 15.6. The molecule has 260 valence electrons. The van der Waals surface area contributed by atoms with E-state index in [1.165, 1.54) is 47.3 Å². The lowest BCUT2D eigenvalue weighted by atomic mass is 10.0. The number of aromatic nitrogens is 3. The van der Waals surface area contributed by atoms with Crippen LogP contribution in [-0.4, -0.2) is 70.0 Å². The summed E-state index contributed by atoms with van der Waals surface area (Å²) in [6.45, 7) is 7.45. The van der Waals surface area contributed by atoms with E-state index in [1.54, 1.807) is 0 Å². The van der Waals surface area contributed by atoms with Crippen molar-refractivity contribution in [1.82, 2.24) is 19.0 Å². The fourth-order valence-electron chi connectivity index (χ4n) is 5.84. The zero-order valence-corrected chi connectivity index (χ0v) is 27.6. The number of nitrogens with zero attached hydrogens (tertiary/aromatic N) is 4. The van der Waals surface area contributed by atoms with E-state index in [1.807, 2.05) is 13.8 Å². The van der Waals surface area contributed by atoms with Crippen LogP contribution in [0.4, 0.5) is 20.3 Å². The number of rotatable bonds is 7. The second kappa shape index (κ2) is 14.6. The van der Waals surface area contributed by atoms with Crippen LogP contribution in [0, 0.1) is 23.5 Å². The van der Waals surface area contributed by atoms with E-state index in [-0.39, 0.29) is 40.3 Å². The first-order valence-electron chi connectivity index (χ1n) is 16.1. The van der Waals surface area contributed by atoms with Crippen molar-refractivity contribution in [2.75, 3.05) is 50.6 Å². The predicted octanol–water partition coefficient (Wildman–Crippen LogP) is 4.11. The average Bonchev–Trinajstić information content (AvgIpc) is 3.11. The van der Waals surface area contributed by atoms with Crippen LogP contribution in [-0.2, 0) is 9.47 Å². The molecule has 4 aromatic rings. The van der Waals surface area contributed by atoms with Crippen LogP contribution in [0.15, 0.2) is 70.5 Å². The van der Waals surface area contributed by atoms with E-state index in [9.17, 15) is 18.8 Å². The van der Waals surface area contributed by atoms with E-state index >= 15 is 4.39 Å². The summed E-state index contributed by atoms with van der Waals surface area (Å²) in [7, 11) is 0. The van der Waals surface area contributed by atoms with Gasteiger partial charge in [-0.05, 0) is 63.1 Å². The van der Waals surface area contributed by atoms with Crippen molar-refractivity contribution in [3.63, 3.8) is 0 Å². The Kier molecular flexibility index (Phi) is 10.1. The standard InChI is InChI=1S/C36H36F2N6O6/c1-36(2,42-15-19-49-20-16-42)13-9-27-30(10-14-40-32(27)39)50-31-8-5-24(21-29(31)38)41-33(45)28-22-43(25-11-17-48-18-12-25)35(47)44(34(28)46)26-6-3-23(37)4-7-26/h3-8,10,14,21-22,25H,11-12,15-20H2,1-2H3,(H2,39,40)(H,41,45). The summed E-state index contributed by atoms with van der Waals surface area (Å²) in [4.78, 5) is 46.9. The number of hydrogen-bond donors (Lipinski definition) is 2. The first-order valence-corrected chi connectivity index (χ1v) is 16.1. The largest absolute Gasteiger partial charge is 0.453 e. The monoisotopic (exact) mass is 686 g/mol. The van der Waals surface area contributed by atoms with Gasteiger partial charge in [-0.1, -0.05) is 11.8 Å². The van der Waals surface area contributed by atoms with Crippen molar-refractivity contribution in [2.24, 2.45) is 0 Å². The van der Waals surface area contributed by atoms with Crippen molar-refractivity contribution in [2.45, 2.75) is 38.3 Å².